The molecule has 1 heterocycles. The molecule has 0 saturated heterocycles. The van der Waals surface area contributed by atoms with Crippen molar-refractivity contribution < 1.29 is 9.18 Å². The molecule has 0 radical (unpaired) electrons. The summed E-state index contributed by atoms with van der Waals surface area (Å²) in [7, 11) is 0. The largest absolute Gasteiger partial charge is 0.354 e. The smallest absolute Gasteiger partial charge is 0.274 e. The van der Waals surface area contributed by atoms with Crippen LogP contribution >= 0.6 is 11.6 Å². The molecule has 0 saturated carbocycles. The molecule has 0 atom stereocenters. The Kier molecular flexibility index (Phi) is 4.95. The van der Waals surface area contributed by atoms with Gasteiger partial charge in [0.15, 0.2) is 0 Å². The number of aromatic nitrogens is 1. The summed E-state index contributed by atoms with van der Waals surface area (Å²) in [5.74, 6) is -0.620. The molecule has 0 spiro atoms. The van der Waals surface area contributed by atoms with Gasteiger partial charge in [0.2, 0.25) is 0 Å². The number of hydrogen-bond acceptors (Lipinski definition) is 3. The first kappa shape index (κ1) is 16.9. The molecule has 0 aliphatic rings. The quantitative estimate of drug-likeness (QED) is 0.678. The molecule has 0 aliphatic heterocycles. The van der Waals surface area contributed by atoms with Gasteiger partial charge in [-0.2, -0.15) is 0 Å². The highest BCUT2D eigenvalue weighted by molar-refractivity contribution is 6.31. The summed E-state index contributed by atoms with van der Waals surface area (Å²) in [4.78, 5) is 16.5. The van der Waals surface area contributed by atoms with Crippen molar-refractivity contribution in [1.29, 1.82) is 0 Å². The molecule has 0 fully saturated rings. The lowest BCUT2D eigenvalue weighted by atomic mass is 10.2. The minimum Gasteiger partial charge on any atom is -0.354 e. The number of hydrogen-bond donors (Lipinski definition) is 2. The molecule has 25 heavy (non-hydrogen) atoms. The van der Waals surface area contributed by atoms with E-state index in [2.05, 4.69) is 15.6 Å². The zero-order valence-electron chi connectivity index (χ0n) is 13.4. The zero-order valence-corrected chi connectivity index (χ0v) is 14.1. The lowest BCUT2D eigenvalue weighted by molar-refractivity contribution is 0.102. The van der Waals surface area contributed by atoms with Crippen LogP contribution in [0.2, 0.25) is 5.02 Å². The van der Waals surface area contributed by atoms with Crippen LogP contribution in [0.1, 0.15) is 16.1 Å². The van der Waals surface area contributed by atoms with Crippen LogP contribution in [0, 0.1) is 12.7 Å². The van der Waals surface area contributed by atoms with Crippen molar-refractivity contribution in [1.82, 2.24) is 4.98 Å². The van der Waals surface area contributed by atoms with Gasteiger partial charge in [0.25, 0.3) is 5.91 Å². The predicted molar refractivity (Wildman–Crippen MR) is 98.1 cm³/mol. The number of carbonyl (C=O) groups excluding carboxylic acids is 1. The van der Waals surface area contributed by atoms with E-state index in [0.717, 1.165) is 11.3 Å². The fourth-order valence-electron chi connectivity index (χ4n) is 2.22. The fourth-order valence-corrected chi connectivity index (χ4v) is 2.39. The van der Waals surface area contributed by atoms with Crippen molar-refractivity contribution in [2.75, 3.05) is 10.6 Å². The van der Waals surface area contributed by atoms with Gasteiger partial charge < -0.3 is 10.6 Å². The van der Waals surface area contributed by atoms with E-state index in [1.54, 1.807) is 42.6 Å². The van der Waals surface area contributed by atoms with Gasteiger partial charge in [-0.3, -0.25) is 4.79 Å². The van der Waals surface area contributed by atoms with Crippen molar-refractivity contribution in [3.8, 4) is 0 Å². The van der Waals surface area contributed by atoms with Crippen LogP contribution in [0.15, 0.2) is 60.8 Å². The summed E-state index contributed by atoms with van der Waals surface area (Å²) in [5, 5.41) is 6.43. The molecule has 4 nitrogen and oxygen atoms in total. The van der Waals surface area contributed by atoms with Gasteiger partial charge >= 0.3 is 0 Å². The molecular weight excluding hydrogens is 341 g/mol. The Morgan fingerprint density at radius 2 is 1.76 bits per heavy atom. The number of halogens is 2. The highest BCUT2D eigenvalue weighted by atomic mass is 35.5. The predicted octanol–water partition coefficient (Wildman–Crippen LogP) is 5.18. The molecule has 6 heteroatoms. The van der Waals surface area contributed by atoms with E-state index in [1.807, 2.05) is 13.0 Å². The molecular formula is C19H15ClFN3O. The van der Waals surface area contributed by atoms with Crippen molar-refractivity contribution in [2.24, 2.45) is 0 Å². The fraction of sp³-hybridized carbons (Fsp3) is 0.0526. The van der Waals surface area contributed by atoms with E-state index in [4.69, 9.17) is 11.6 Å². The van der Waals surface area contributed by atoms with Crippen LogP contribution in [0.5, 0.6) is 0 Å². The summed E-state index contributed by atoms with van der Waals surface area (Å²) in [6.45, 7) is 1.88. The van der Waals surface area contributed by atoms with E-state index in [-0.39, 0.29) is 17.4 Å². The van der Waals surface area contributed by atoms with Crippen molar-refractivity contribution >= 4 is 34.6 Å². The Morgan fingerprint density at radius 3 is 2.44 bits per heavy atom. The number of amides is 1. The summed E-state index contributed by atoms with van der Waals surface area (Å²) < 4.78 is 12.9. The normalized spacial score (nSPS) is 10.4. The second-order valence-electron chi connectivity index (χ2n) is 5.48. The van der Waals surface area contributed by atoms with E-state index in [0.29, 0.717) is 16.4 Å². The number of nitrogens with zero attached hydrogens (tertiary/aromatic N) is 1. The van der Waals surface area contributed by atoms with Crippen LogP contribution in [-0.4, -0.2) is 10.9 Å². The Balaban J connectivity index is 1.70. The van der Waals surface area contributed by atoms with Gasteiger partial charge in [0.1, 0.15) is 11.5 Å². The number of benzene rings is 2. The third kappa shape index (κ3) is 4.33. The van der Waals surface area contributed by atoms with Crippen LogP contribution in [0.25, 0.3) is 0 Å². The SMILES string of the molecule is Cc1ccc(Cl)cc1NC(=O)c1ccc(Nc2ccc(F)cc2)cn1. The third-order valence-corrected chi connectivity index (χ3v) is 3.81. The average molecular weight is 356 g/mol. The molecule has 0 unspecified atom stereocenters. The Bertz CT molecular complexity index is 896. The summed E-state index contributed by atoms with van der Waals surface area (Å²) in [6, 6.07) is 14.6. The van der Waals surface area contributed by atoms with Crippen LogP contribution in [0.3, 0.4) is 0 Å². The van der Waals surface area contributed by atoms with Crippen LogP contribution in [0.4, 0.5) is 21.5 Å². The molecule has 2 N–H and O–H groups in total. The maximum absolute atomic E-state index is 12.9. The molecule has 3 rings (SSSR count). The van der Waals surface area contributed by atoms with Crippen molar-refractivity contribution in [2.45, 2.75) is 6.92 Å². The Morgan fingerprint density at radius 1 is 1.04 bits per heavy atom. The molecule has 0 aliphatic carbocycles. The average Bonchev–Trinajstić information content (AvgIpc) is 2.61. The second-order valence-corrected chi connectivity index (χ2v) is 5.91. The number of anilines is 3. The number of aryl methyl sites for hydroxylation is 1. The molecule has 0 bridgehead atoms. The highest BCUT2D eigenvalue weighted by Gasteiger charge is 2.10. The summed E-state index contributed by atoms with van der Waals surface area (Å²) in [5.41, 5.74) is 3.27. The number of rotatable bonds is 4. The van der Waals surface area contributed by atoms with E-state index in [9.17, 15) is 9.18 Å². The van der Waals surface area contributed by atoms with E-state index in [1.165, 1.54) is 12.1 Å². The summed E-state index contributed by atoms with van der Waals surface area (Å²) >= 11 is 5.96. The number of nitrogens with one attached hydrogen (secondary N) is 2. The van der Waals surface area contributed by atoms with Crippen LogP contribution in [-0.2, 0) is 0 Å². The minimum atomic E-state index is -0.321. The van der Waals surface area contributed by atoms with Gasteiger partial charge in [0, 0.05) is 16.4 Å². The molecule has 1 amide bonds. The first-order chi connectivity index (χ1) is 12.0. The standard InChI is InChI=1S/C19H15ClFN3O/c1-12-2-3-13(20)10-18(12)24-19(25)17-9-8-16(11-22-17)23-15-6-4-14(21)5-7-15/h2-11,23H,1H3,(H,24,25). The molecule has 1 aromatic heterocycles. The zero-order chi connectivity index (χ0) is 17.8. The first-order valence-corrected chi connectivity index (χ1v) is 7.95. The molecule has 3 aromatic rings. The minimum absolute atomic E-state index is 0.282. The summed E-state index contributed by atoms with van der Waals surface area (Å²) in [6.07, 6.45) is 1.54. The maximum Gasteiger partial charge on any atom is 0.274 e. The Hall–Kier alpha value is -2.92. The van der Waals surface area contributed by atoms with Gasteiger partial charge in [-0.05, 0) is 61.0 Å². The topological polar surface area (TPSA) is 54.0 Å². The van der Waals surface area contributed by atoms with E-state index >= 15 is 0 Å². The van der Waals surface area contributed by atoms with Gasteiger partial charge in [-0.25, -0.2) is 9.37 Å². The molecule has 126 valence electrons. The van der Waals surface area contributed by atoms with Crippen molar-refractivity contribution in [3.63, 3.8) is 0 Å². The first-order valence-electron chi connectivity index (χ1n) is 7.57. The number of carbonyl (C=O) groups is 1. The third-order valence-electron chi connectivity index (χ3n) is 3.58. The Labute approximate surface area is 149 Å². The highest BCUT2D eigenvalue weighted by Crippen LogP contribution is 2.21. The van der Waals surface area contributed by atoms with Gasteiger partial charge in [-0.15, -0.1) is 0 Å². The lowest BCUT2D eigenvalue weighted by Gasteiger charge is -2.09. The van der Waals surface area contributed by atoms with E-state index < -0.39 is 0 Å². The van der Waals surface area contributed by atoms with Gasteiger partial charge in [0.05, 0.1) is 11.9 Å². The van der Waals surface area contributed by atoms with Gasteiger partial charge in [-0.1, -0.05) is 17.7 Å². The van der Waals surface area contributed by atoms with Crippen LogP contribution < -0.4 is 10.6 Å². The van der Waals surface area contributed by atoms with Crippen molar-refractivity contribution in [3.05, 3.63) is 82.9 Å². The monoisotopic (exact) mass is 355 g/mol. The lowest BCUT2D eigenvalue weighted by Crippen LogP contribution is -2.14. The molecule has 2 aromatic carbocycles. The second kappa shape index (κ2) is 7.32. The maximum atomic E-state index is 12.9. The number of pyridine rings is 1.